The van der Waals surface area contributed by atoms with Gasteiger partial charge in [-0.15, -0.1) is 0 Å². The van der Waals surface area contributed by atoms with E-state index in [0.29, 0.717) is 6.61 Å². The first kappa shape index (κ1) is 27.4. The molecular formula is C25H51NO2. The largest absolute Gasteiger partial charge is 0.465 e. The normalized spacial score (nSPS) is 12.5. The van der Waals surface area contributed by atoms with Crippen LogP contribution in [0.2, 0.25) is 0 Å². The molecule has 0 fully saturated rings. The smallest absolute Gasteiger partial charge is 0.323 e. The van der Waals surface area contributed by atoms with E-state index in [1.54, 1.807) is 0 Å². The second-order valence-corrected chi connectivity index (χ2v) is 8.74. The number of rotatable bonds is 21. The molecule has 0 bridgehead atoms. The van der Waals surface area contributed by atoms with Crippen LogP contribution in [0.15, 0.2) is 0 Å². The molecule has 3 nitrogen and oxygen atoms in total. The van der Waals surface area contributed by atoms with Crippen LogP contribution in [-0.2, 0) is 9.53 Å². The molecule has 0 amide bonds. The molecule has 0 aromatic heterocycles. The van der Waals surface area contributed by atoms with Crippen LogP contribution in [0, 0.1) is 0 Å². The number of ether oxygens (including phenoxy) is 1. The summed E-state index contributed by atoms with van der Waals surface area (Å²) in [7, 11) is 3.91. The van der Waals surface area contributed by atoms with Crippen molar-refractivity contribution in [2.75, 3.05) is 20.7 Å². The molecule has 0 rings (SSSR count). The van der Waals surface area contributed by atoms with Crippen LogP contribution in [0.25, 0.3) is 0 Å². The minimum Gasteiger partial charge on any atom is -0.465 e. The Bertz CT molecular complexity index is 331. The lowest BCUT2D eigenvalue weighted by Gasteiger charge is -2.21. The minimum absolute atomic E-state index is 0.0483. The average Bonchev–Trinajstić information content (AvgIpc) is 2.68. The molecule has 1 unspecified atom stereocenters. The first-order valence-corrected chi connectivity index (χ1v) is 12.5. The van der Waals surface area contributed by atoms with Gasteiger partial charge in [-0.25, -0.2) is 0 Å². The van der Waals surface area contributed by atoms with Crippen molar-refractivity contribution in [3.05, 3.63) is 0 Å². The molecule has 168 valence electrons. The Labute approximate surface area is 177 Å². The van der Waals surface area contributed by atoms with Gasteiger partial charge in [-0.1, -0.05) is 117 Å². The molecule has 0 radical (unpaired) electrons. The zero-order valence-corrected chi connectivity index (χ0v) is 19.8. The highest BCUT2D eigenvalue weighted by atomic mass is 16.5. The molecule has 0 N–H and O–H groups in total. The Morgan fingerprint density at radius 3 is 1.39 bits per heavy atom. The molecule has 28 heavy (non-hydrogen) atoms. The summed E-state index contributed by atoms with van der Waals surface area (Å²) in [5.74, 6) is -0.0483. The molecule has 3 heteroatoms. The van der Waals surface area contributed by atoms with Gasteiger partial charge in [0.1, 0.15) is 6.04 Å². The number of carbonyl (C=O) groups is 1. The molecule has 0 aliphatic heterocycles. The lowest BCUT2D eigenvalue weighted by atomic mass is 10.0. The Morgan fingerprint density at radius 1 is 0.643 bits per heavy atom. The van der Waals surface area contributed by atoms with E-state index >= 15 is 0 Å². The predicted octanol–water partition coefficient (Wildman–Crippen LogP) is 7.52. The van der Waals surface area contributed by atoms with Gasteiger partial charge in [0.2, 0.25) is 0 Å². The van der Waals surface area contributed by atoms with E-state index < -0.39 is 0 Å². The highest BCUT2D eigenvalue weighted by molar-refractivity contribution is 5.75. The summed E-state index contributed by atoms with van der Waals surface area (Å²) in [5, 5.41) is 0. The summed E-state index contributed by atoms with van der Waals surface area (Å²) >= 11 is 0. The first-order chi connectivity index (χ1) is 13.6. The molecule has 0 heterocycles. The second kappa shape index (κ2) is 21.1. The highest BCUT2D eigenvalue weighted by Gasteiger charge is 2.20. The van der Waals surface area contributed by atoms with E-state index in [0.717, 1.165) is 19.3 Å². The Morgan fingerprint density at radius 2 is 1.04 bits per heavy atom. The van der Waals surface area contributed by atoms with Gasteiger partial charge in [0.05, 0.1) is 6.61 Å². The van der Waals surface area contributed by atoms with E-state index in [2.05, 4.69) is 13.8 Å². The van der Waals surface area contributed by atoms with Gasteiger partial charge in [-0.3, -0.25) is 9.69 Å². The molecule has 0 aliphatic rings. The molecule has 0 spiro atoms. The third-order valence-corrected chi connectivity index (χ3v) is 5.70. The lowest BCUT2D eigenvalue weighted by Crippen LogP contribution is -2.37. The van der Waals surface area contributed by atoms with Crippen molar-refractivity contribution < 1.29 is 9.53 Å². The number of hydrogen-bond donors (Lipinski definition) is 0. The van der Waals surface area contributed by atoms with E-state index in [9.17, 15) is 4.79 Å². The molecular weight excluding hydrogens is 346 g/mol. The van der Waals surface area contributed by atoms with Gasteiger partial charge >= 0.3 is 5.97 Å². The minimum atomic E-state index is -0.0777. The average molecular weight is 398 g/mol. The van der Waals surface area contributed by atoms with E-state index in [1.165, 1.54) is 96.3 Å². The fourth-order valence-electron chi connectivity index (χ4n) is 3.78. The lowest BCUT2D eigenvalue weighted by molar-refractivity contribution is -0.149. The summed E-state index contributed by atoms with van der Waals surface area (Å²) in [4.78, 5) is 14.0. The van der Waals surface area contributed by atoms with Crippen LogP contribution in [0.1, 0.15) is 129 Å². The molecule has 0 saturated carbocycles. The van der Waals surface area contributed by atoms with Crippen molar-refractivity contribution >= 4 is 5.97 Å². The molecule has 0 aromatic rings. The van der Waals surface area contributed by atoms with Crippen molar-refractivity contribution in [1.29, 1.82) is 0 Å². The maximum Gasteiger partial charge on any atom is 0.323 e. The van der Waals surface area contributed by atoms with Crippen molar-refractivity contribution in [3.8, 4) is 0 Å². The van der Waals surface area contributed by atoms with Crippen molar-refractivity contribution in [2.24, 2.45) is 0 Å². The maximum absolute atomic E-state index is 12.1. The fourth-order valence-corrected chi connectivity index (χ4v) is 3.78. The number of hydrogen-bond acceptors (Lipinski definition) is 3. The van der Waals surface area contributed by atoms with E-state index in [4.69, 9.17) is 4.74 Å². The van der Waals surface area contributed by atoms with Crippen LogP contribution in [0.3, 0.4) is 0 Å². The topological polar surface area (TPSA) is 29.5 Å². The van der Waals surface area contributed by atoms with Crippen molar-refractivity contribution in [2.45, 2.75) is 135 Å². The van der Waals surface area contributed by atoms with Gasteiger partial charge in [0.15, 0.2) is 0 Å². The highest BCUT2D eigenvalue weighted by Crippen LogP contribution is 2.14. The number of esters is 1. The van der Waals surface area contributed by atoms with E-state index in [1.807, 2.05) is 19.0 Å². The van der Waals surface area contributed by atoms with Gasteiger partial charge in [-0.2, -0.15) is 0 Å². The van der Waals surface area contributed by atoms with Crippen LogP contribution < -0.4 is 0 Å². The molecule has 1 atom stereocenters. The second-order valence-electron chi connectivity index (χ2n) is 8.74. The Hall–Kier alpha value is -0.570. The van der Waals surface area contributed by atoms with Gasteiger partial charge in [0, 0.05) is 0 Å². The van der Waals surface area contributed by atoms with Gasteiger partial charge in [-0.05, 0) is 26.9 Å². The SMILES string of the molecule is CCCCCCCCCCCCCCCCCCOC(=O)C(CCC)N(C)C. The third kappa shape index (κ3) is 17.5. The standard InChI is InChI=1S/C25H51NO2/c1-5-7-8-9-10-11-12-13-14-15-16-17-18-19-20-21-23-28-25(27)24(22-6-2)26(3)4/h24H,5-23H2,1-4H3. The van der Waals surface area contributed by atoms with Crippen LogP contribution >= 0.6 is 0 Å². The first-order valence-electron chi connectivity index (χ1n) is 12.5. The number of likely N-dealkylation sites (N-methyl/N-ethyl adjacent to an activating group) is 1. The molecule has 0 aromatic carbocycles. The molecule has 0 aliphatic carbocycles. The Kier molecular flexibility index (Phi) is 20.7. The monoisotopic (exact) mass is 397 g/mol. The van der Waals surface area contributed by atoms with Crippen molar-refractivity contribution in [1.82, 2.24) is 4.90 Å². The van der Waals surface area contributed by atoms with E-state index in [-0.39, 0.29) is 12.0 Å². The van der Waals surface area contributed by atoms with Crippen LogP contribution in [0.4, 0.5) is 0 Å². The summed E-state index contributed by atoms with van der Waals surface area (Å²) in [6.45, 7) is 4.98. The predicted molar refractivity (Wildman–Crippen MR) is 123 cm³/mol. The summed E-state index contributed by atoms with van der Waals surface area (Å²) in [6, 6.07) is -0.0777. The Balaban J connectivity index is 3.28. The van der Waals surface area contributed by atoms with Crippen LogP contribution in [-0.4, -0.2) is 37.6 Å². The maximum atomic E-state index is 12.1. The fraction of sp³-hybridized carbons (Fsp3) is 0.960. The summed E-state index contributed by atoms with van der Waals surface area (Å²) in [5.41, 5.74) is 0. The van der Waals surface area contributed by atoms with Crippen molar-refractivity contribution in [3.63, 3.8) is 0 Å². The zero-order valence-electron chi connectivity index (χ0n) is 19.8. The zero-order chi connectivity index (χ0) is 20.9. The number of nitrogens with zero attached hydrogens (tertiary/aromatic N) is 1. The third-order valence-electron chi connectivity index (χ3n) is 5.70. The number of carbonyl (C=O) groups excluding carboxylic acids is 1. The summed E-state index contributed by atoms with van der Waals surface area (Å²) in [6.07, 6.45) is 23.7. The number of unbranched alkanes of at least 4 members (excludes halogenated alkanes) is 15. The van der Waals surface area contributed by atoms with Gasteiger partial charge in [0.25, 0.3) is 0 Å². The quantitative estimate of drug-likeness (QED) is 0.148. The van der Waals surface area contributed by atoms with Gasteiger partial charge < -0.3 is 4.74 Å². The van der Waals surface area contributed by atoms with Crippen LogP contribution in [0.5, 0.6) is 0 Å². The molecule has 0 saturated heterocycles. The summed E-state index contributed by atoms with van der Waals surface area (Å²) < 4.78 is 5.46.